The Labute approximate surface area is 149 Å². The van der Waals surface area contributed by atoms with Crippen molar-refractivity contribution in [3.05, 3.63) is 59.9 Å². The van der Waals surface area contributed by atoms with E-state index in [0.29, 0.717) is 18.6 Å². The summed E-state index contributed by atoms with van der Waals surface area (Å²) in [6.45, 7) is 4.71. The van der Waals surface area contributed by atoms with Crippen LogP contribution in [0, 0.1) is 5.92 Å². The van der Waals surface area contributed by atoms with E-state index >= 15 is 0 Å². The van der Waals surface area contributed by atoms with Crippen molar-refractivity contribution in [2.24, 2.45) is 5.92 Å². The van der Waals surface area contributed by atoms with E-state index in [0.717, 1.165) is 44.0 Å². The normalized spacial score (nSPS) is 23.8. The summed E-state index contributed by atoms with van der Waals surface area (Å²) in [7, 11) is 0. The monoisotopic (exact) mass is 338 g/mol. The zero-order chi connectivity index (χ0) is 16.9. The van der Waals surface area contributed by atoms with Crippen molar-refractivity contribution in [3.8, 4) is 5.75 Å². The summed E-state index contributed by atoms with van der Waals surface area (Å²) in [6.07, 6.45) is 7.80. The minimum atomic E-state index is 0.488. The Balaban J connectivity index is 1.39. The van der Waals surface area contributed by atoms with E-state index < -0.39 is 0 Å². The number of nitrogens with zero attached hydrogens (tertiary/aromatic N) is 2. The highest BCUT2D eigenvalue weighted by Gasteiger charge is 2.32. The number of aromatic nitrogens is 1. The number of hydrogen-bond acceptors (Lipinski definition) is 4. The molecule has 132 valence electrons. The maximum absolute atomic E-state index is 6.08. The smallest absolute Gasteiger partial charge is 0.124 e. The maximum atomic E-state index is 6.08. The highest BCUT2D eigenvalue weighted by molar-refractivity contribution is 5.33. The molecule has 1 aromatic heterocycles. The minimum absolute atomic E-state index is 0.488. The molecule has 0 radical (unpaired) electrons. The van der Waals surface area contributed by atoms with Crippen LogP contribution < -0.4 is 4.74 Å². The van der Waals surface area contributed by atoms with Gasteiger partial charge in [0.1, 0.15) is 12.4 Å². The van der Waals surface area contributed by atoms with Crippen molar-refractivity contribution in [2.45, 2.75) is 38.5 Å². The third-order valence-electron chi connectivity index (χ3n) is 5.28. The van der Waals surface area contributed by atoms with Gasteiger partial charge in [0.25, 0.3) is 0 Å². The quantitative estimate of drug-likeness (QED) is 0.833. The Kier molecular flexibility index (Phi) is 5.28. The van der Waals surface area contributed by atoms with Crippen LogP contribution in [0.15, 0.2) is 48.8 Å². The SMILES string of the molecule is c1cncc(COc2ccccc2CN2CCC3OCCCC3C2)c1. The lowest BCUT2D eigenvalue weighted by atomic mass is 9.88. The molecule has 2 saturated heterocycles. The molecule has 2 aliphatic heterocycles. The second-order valence-corrected chi connectivity index (χ2v) is 7.09. The van der Waals surface area contributed by atoms with Crippen LogP contribution in [0.4, 0.5) is 0 Å². The summed E-state index contributed by atoms with van der Waals surface area (Å²) in [5.41, 5.74) is 2.36. The van der Waals surface area contributed by atoms with E-state index in [4.69, 9.17) is 9.47 Å². The molecule has 2 aliphatic rings. The van der Waals surface area contributed by atoms with Gasteiger partial charge in [-0.2, -0.15) is 0 Å². The van der Waals surface area contributed by atoms with Crippen LogP contribution in [0.3, 0.4) is 0 Å². The second kappa shape index (κ2) is 7.98. The Morgan fingerprint density at radius 1 is 1.16 bits per heavy atom. The molecular weight excluding hydrogens is 312 g/mol. The van der Waals surface area contributed by atoms with E-state index in [1.54, 1.807) is 6.20 Å². The first-order valence-electron chi connectivity index (χ1n) is 9.32. The molecule has 0 amide bonds. The molecule has 2 atom stereocenters. The van der Waals surface area contributed by atoms with Crippen molar-refractivity contribution in [1.82, 2.24) is 9.88 Å². The van der Waals surface area contributed by atoms with E-state index in [-0.39, 0.29) is 0 Å². The topological polar surface area (TPSA) is 34.6 Å². The molecule has 0 N–H and O–H groups in total. The standard InChI is InChI=1S/C21H26N2O2/c1-2-8-20(25-16-17-5-3-10-22-13-17)18(6-1)14-23-11-9-21-19(15-23)7-4-12-24-21/h1-3,5-6,8,10,13,19,21H,4,7,9,11-12,14-16H2. The average molecular weight is 338 g/mol. The van der Waals surface area contributed by atoms with Crippen LogP contribution >= 0.6 is 0 Å². The van der Waals surface area contributed by atoms with E-state index in [1.165, 1.54) is 18.4 Å². The number of piperidine rings is 1. The van der Waals surface area contributed by atoms with Gasteiger partial charge in [0.2, 0.25) is 0 Å². The van der Waals surface area contributed by atoms with Gasteiger partial charge in [-0.3, -0.25) is 9.88 Å². The van der Waals surface area contributed by atoms with Crippen LogP contribution in [0.5, 0.6) is 5.75 Å². The van der Waals surface area contributed by atoms with Gasteiger partial charge in [0.05, 0.1) is 6.10 Å². The zero-order valence-corrected chi connectivity index (χ0v) is 14.6. The number of fused-ring (bicyclic) bond motifs is 1. The maximum Gasteiger partial charge on any atom is 0.124 e. The van der Waals surface area contributed by atoms with Crippen molar-refractivity contribution in [3.63, 3.8) is 0 Å². The number of likely N-dealkylation sites (tertiary alicyclic amines) is 1. The predicted octanol–water partition coefficient (Wildman–Crippen LogP) is 3.66. The van der Waals surface area contributed by atoms with Crippen LogP contribution in [-0.4, -0.2) is 35.7 Å². The van der Waals surface area contributed by atoms with Gasteiger partial charge in [0, 0.05) is 49.8 Å². The fourth-order valence-corrected chi connectivity index (χ4v) is 3.97. The first-order valence-corrected chi connectivity index (χ1v) is 9.32. The van der Waals surface area contributed by atoms with Crippen LogP contribution in [0.25, 0.3) is 0 Å². The van der Waals surface area contributed by atoms with Crippen molar-refractivity contribution in [1.29, 1.82) is 0 Å². The summed E-state index contributed by atoms with van der Waals surface area (Å²) in [6, 6.07) is 12.4. The summed E-state index contributed by atoms with van der Waals surface area (Å²) in [4.78, 5) is 6.71. The largest absolute Gasteiger partial charge is 0.489 e. The van der Waals surface area contributed by atoms with Crippen LogP contribution in [0.1, 0.15) is 30.4 Å². The van der Waals surface area contributed by atoms with Gasteiger partial charge in [-0.15, -0.1) is 0 Å². The molecule has 2 aromatic rings. The fourth-order valence-electron chi connectivity index (χ4n) is 3.97. The second-order valence-electron chi connectivity index (χ2n) is 7.09. The van der Waals surface area contributed by atoms with E-state index in [1.807, 2.05) is 24.4 Å². The molecule has 0 bridgehead atoms. The third-order valence-corrected chi connectivity index (χ3v) is 5.28. The third kappa shape index (κ3) is 4.20. The van der Waals surface area contributed by atoms with Crippen LogP contribution in [0.2, 0.25) is 0 Å². The summed E-state index contributed by atoms with van der Waals surface area (Å²) in [5.74, 6) is 1.68. The van der Waals surface area contributed by atoms with Gasteiger partial charge < -0.3 is 9.47 Å². The minimum Gasteiger partial charge on any atom is -0.489 e. The predicted molar refractivity (Wildman–Crippen MR) is 97.4 cm³/mol. The molecule has 4 heteroatoms. The highest BCUT2D eigenvalue weighted by atomic mass is 16.5. The molecule has 4 nitrogen and oxygen atoms in total. The van der Waals surface area contributed by atoms with Crippen LogP contribution in [-0.2, 0) is 17.9 Å². The molecule has 3 heterocycles. The zero-order valence-electron chi connectivity index (χ0n) is 14.6. The summed E-state index contributed by atoms with van der Waals surface area (Å²) < 4.78 is 12.0. The van der Waals surface area contributed by atoms with E-state index in [9.17, 15) is 0 Å². The van der Waals surface area contributed by atoms with Gasteiger partial charge >= 0.3 is 0 Å². The lowest BCUT2D eigenvalue weighted by Crippen LogP contribution is -2.45. The number of rotatable bonds is 5. The molecule has 0 aliphatic carbocycles. The molecule has 25 heavy (non-hydrogen) atoms. The molecular formula is C21H26N2O2. The van der Waals surface area contributed by atoms with Gasteiger partial charge in [-0.1, -0.05) is 24.3 Å². The Morgan fingerprint density at radius 2 is 2.12 bits per heavy atom. The van der Waals surface area contributed by atoms with Crippen molar-refractivity contribution in [2.75, 3.05) is 19.7 Å². The summed E-state index contributed by atoms with van der Waals surface area (Å²) in [5, 5.41) is 0. The van der Waals surface area contributed by atoms with Gasteiger partial charge in [-0.25, -0.2) is 0 Å². The fraction of sp³-hybridized carbons (Fsp3) is 0.476. The number of hydrogen-bond donors (Lipinski definition) is 0. The summed E-state index contributed by atoms with van der Waals surface area (Å²) >= 11 is 0. The number of pyridine rings is 1. The molecule has 0 spiro atoms. The Hall–Kier alpha value is -1.91. The average Bonchev–Trinajstić information content (AvgIpc) is 2.68. The molecule has 2 unspecified atom stereocenters. The lowest BCUT2D eigenvalue weighted by molar-refractivity contribution is -0.0676. The molecule has 4 rings (SSSR count). The van der Waals surface area contributed by atoms with Crippen molar-refractivity contribution < 1.29 is 9.47 Å². The Bertz CT molecular complexity index is 677. The Morgan fingerprint density at radius 3 is 3.04 bits per heavy atom. The van der Waals surface area contributed by atoms with E-state index in [2.05, 4.69) is 28.1 Å². The van der Waals surface area contributed by atoms with Gasteiger partial charge in [-0.05, 0) is 37.3 Å². The highest BCUT2D eigenvalue weighted by Crippen LogP contribution is 2.30. The first-order chi connectivity index (χ1) is 12.4. The molecule has 1 aromatic carbocycles. The molecule has 0 saturated carbocycles. The first kappa shape index (κ1) is 16.6. The molecule has 2 fully saturated rings. The number of benzene rings is 1. The number of para-hydroxylation sites is 1. The lowest BCUT2D eigenvalue weighted by Gasteiger charge is -2.41. The van der Waals surface area contributed by atoms with Gasteiger partial charge in [0.15, 0.2) is 0 Å². The number of ether oxygens (including phenoxy) is 2. The van der Waals surface area contributed by atoms with Crippen molar-refractivity contribution >= 4 is 0 Å².